The molecule has 4 aliphatic rings. The molecule has 0 aromatic heterocycles. The first-order valence-electron chi connectivity index (χ1n) is 23.1. The number of carbonyl (C=O) groups is 6. The zero-order valence-electron chi connectivity index (χ0n) is 37.5. The number of hydrogen-bond acceptors (Lipinski definition) is 10. The summed E-state index contributed by atoms with van der Waals surface area (Å²) in [5.74, 6) is -3.41. The Kier molecular flexibility index (Phi) is 15.0. The molecule has 67 heavy (non-hydrogen) atoms. The lowest BCUT2D eigenvalue weighted by molar-refractivity contribution is -0.136. The Balaban J connectivity index is 0.828. The molecule has 0 spiro atoms. The average molecular weight is 935 g/mol. The molecule has 0 radical (unpaired) electrons. The smallest absolute Gasteiger partial charge is 0.264 e. The van der Waals surface area contributed by atoms with Gasteiger partial charge in [0.1, 0.15) is 12.6 Å². The van der Waals surface area contributed by atoms with Gasteiger partial charge in [-0.2, -0.15) is 0 Å². The summed E-state index contributed by atoms with van der Waals surface area (Å²) in [5, 5.41) is 9.46. The number of hydrogen-bond donors (Lipinski definition) is 4. The van der Waals surface area contributed by atoms with Crippen LogP contribution in [0, 0.1) is 17.7 Å². The van der Waals surface area contributed by atoms with Crippen LogP contribution in [0.4, 0.5) is 10.1 Å². The zero-order valence-corrected chi connectivity index (χ0v) is 38.2. The normalized spacial score (nSPS) is 20.4. The predicted octanol–water partition coefficient (Wildman–Crippen LogP) is 6.37. The summed E-state index contributed by atoms with van der Waals surface area (Å²) in [6, 6.07) is 22.6. The van der Waals surface area contributed by atoms with E-state index in [2.05, 4.69) is 20.9 Å². The highest BCUT2D eigenvalue weighted by atomic mass is 35.5. The summed E-state index contributed by atoms with van der Waals surface area (Å²) in [6.45, 7) is 2.88. The van der Waals surface area contributed by atoms with Gasteiger partial charge in [-0.1, -0.05) is 54.1 Å². The molecular weight excluding hydrogens is 879 g/mol. The molecule has 0 bridgehead atoms. The number of primary amides is 1. The molecule has 5 N–H and O–H groups in total. The van der Waals surface area contributed by atoms with Crippen LogP contribution < -0.4 is 31.3 Å². The SMILES string of the molecule is COCCOc1ccc(C(N)=O)c(-c2cc(C(CNC3CCC(C(=O)NCCC4CCN(c5cccc6c5C(=O)N(C5CCC(=O)NC5=O)C6=O)CC4)CC3)c3ccccc3)ccc2Cl)c1F. The van der Waals surface area contributed by atoms with Gasteiger partial charge in [-0.3, -0.25) is 39.0 Å². The lowest BCUT2D eigenvalue weighted by atomic mass is 9.84. The number of methoxy groups -OCH3 is 1. The Bertz CT molecular complexity index is 2530. The maximum absolute atomic E-state index is 16.2. The Morgan fingerprint density at radius 1 is 0.851 bits per heavy atom. The summed E-state index contributed by atoms with van der Waals surface area (Å²) >= 11 is 6.73. The van der Waals surface area contributed by atoms with Crippen LogP contribution in [-0.4, -0.2) is 98.9 Å². The van der Waals surface area contributed by atoms with Crippen molar-refractivity contribution < 1.29 is 42.6 Å². The van der Waals surface area contributed by atoms with Crippen molar-refractivity contribution in [2.45, 2.75) is 75.8 Å². The summed E-state index contributed by atoms with van der Waals surface area (Å²) in [6.07, 6.45) is 5.89. The van der Waals surface area contributed by atoms with Crippen molar-refractivity contribution in [3.63, 3.8) is 0 Å². The van der Waals surface area contributed by atoms with Crippen molar-refractivity contribution >= 4 is 52.7 Å². The summed E-state index contributed by atoms with van der Waals surface area (Å²) in [7, 11) is 1.52. The summed E-state index contributed by atoms with van der Waals surface area (Å²) in [4.78, 5) is 80.4. The van der Waals surface area contributed by atoms with Crippen molar-refractivity contribution in [2.75, 3.05) is 51.4 Å². The summed E-state index contributed by atoms with van der Waals surface area (Å²) in [5.41, 5.74) is 9.19. The van der Waals surface area contributed by atoms with Gasteiger partial charge in [-0.15, -0.1) is 0 Å². The summed E-state index contributed by atoms with van der Waals surface area (Å²) < 4.78 is 26.8. The molecule has 14 nitrogen and oxygen atoms in total. The molecule has 6 amide bonds. The lowest BCUT2D eigenvalue weighted by Gasteiger charge is -2.35. The van der Waals surface area contributed by atoms with E-state index in [0.29, 0.717) is 48.9 Å². The third kappa shape index (κ3) is 10.4. The van der Waals surface area contributed by atoms with Crippen LogP contribution in [0.25, 0.3) is 11.1 Å². The molecule has 1 saturated carbocycles. The van der Waals surface area contributed by atoms with Gasteiger partial charge in [-0.25, -0.2) is 4.39 Å². The van der Waals surface area contributed by atoms with Crippen LogP contribution >= 0.6 is 11.6 Å². The van der Waals surface area contributed by atoms with Crippen LogP contribution in [0.2, 0.25) is 5.02 Å². The van der Waals surface area contributed by atoms with Crippen LogP contribution in [0.15, 0.2) is 78.9 Å². The van der Waals surface area contributed by atoms with E-state index in [0.717, 1.165) is 61.0 Å². The molecule has 4 aromatic rings. The Morgan fingerprint density at radius 3 is 2.33 bits per heavy atom. The fourth-order valence-electron chi connectivity index (χ4n) is 10.0. The molecule has 352 valence electrons. The molecule has 4 aromatic carbocycles. The first kappa shape index (κ1) is 47.3. The van der Waals surface area contributed by atoms with E-state index >= 15 is 4.39 Å². The van der Waals surface area contributed by atoms with E-state index in [9.17, 15) is 28.8 Å². The van der Waals surface area contributed by atoms with Crippen LogP contribution in [0.3, 0.4) is 0 Å². The van der Waals surface area contributed by atoms with E-state index in [1.165, 1.54) is 19.2 Å². The van der Waals surface area contributed by atoms with Gasteiger partial charge in [-0.05, 0) is 105 Å². The highest BCUT2D eigenvalue weighted by Gasteiger charge is 2.46. The number of anilines is 1. The minimum absolute atomic E-state index is 0.0123. The monoisotopic (exact) mass is 934 g/mol. The molecule has 8 rings (SSSR count). The van der Waals surface area contributed by atoms with E-state index in [4.69, 9.17) is 26.8 Å². The number of imide groups is 2. The number of nitrogens with two attached hydrogens (primary N) is 1. The minimum atomic E-state index is -1.01. The molecule has 2 atom stereocenters. The minimum Gasteiger partial charge on any atom is -0.488 e. The van der Waals surface area contributed by atoms with Crippen molar-refractivity contribution in [1.82, 2.24) is 20.9 Å². The number of benzene rings is 4. The first-order chi connectivity index (χ1) is 32.4. The molecule has 3 fully saturated rings. The van der Waals surface area contributed by atoms with E-state index in [1.807, 2.05) is 48.5 Å². The van der Waals surface area contributed by atoms with Gasteiger partial charge < -0.3 is 30.7 Å². The molecule has 16 heteroatoms. The van der Waals surface area contributed by atoms with Gasteiger partial charge in [0.25, 0.3) is 11.8 Å². The number of piperidine rings is 2. The average Bonchev–Trinajstić information content (AvgIpc) is 3.59. The highest BCUT2D eigenvalue weighted by molar-refractivity contribution is 6.33. The third-order valence-electron chi connectivity index (χ3n) is 13.7. The second-order valence-corrected chi connectivity index (χ2v) is 18.2. The van der Waals surface area contributed by atoms with Crippen molar-refractivity contribution in [3.8, 4) is 16.9 Å². The number of halogens is 2. The maximum Gasteiger partial charge on any atom is 0.264 e. The third-order valence-corrected chi connectivity index (χ3v) is 14.1. The zero-order chi connectivity index (χ0) is 47.2. The Labute approximate surface area is 394 Å². The lowest BCUT2D eigenvalue weighted by Crippen LogP contribution is -2.54. The number of ether oxygens (including phenoxy) is 2. The largest absolute Gasteiger partial charge is 0.488 e. The Hall–Kier alpha value is -6.16. The molecule has 2 saturated heterocycles. The van der Waals surface area contributed by atoms with Gasteiger partial charge in [0.2, 0.25) is 23.6 Å². The quantitative estimate of drug-likeness (QED) is 0.0684. The topological polar surface area (TPSA) is 189 Å². The fraction of sp³-hybridized carbons (Fsp3) is 0.412. The number of nitrogens with zero attached hydrogens (tertiary/aromatic N) is 2. The maximum atomic E-state index is 16.2. The second-order valence-electron chi connectivity index (χ2n) is 17.8. The van der Waals surface area contributed by atoms with Gasteiger partial charge in [0.05, 0.1) is 29.0 Å². The van der Waals surface area contributed by atoms with Crippen LogP contribution in [-0.2, 0) is 19.1 Å². The van der Waals surface area contributed by atoms with Gasteiger partial charge >= 0.3 is 0 Å². The van der Waals surface area contributed by atoms with E-state index in [1.54, 1.807) is 18.2 Å². The number of rotatable bonds is 17. The first-order valence-corrected chi connectivity index (χ1v) is 23.5. The number of amides is 6. The van der Waals surface area contributed by atoms with Crippen molar-refractivity contribution in [1.29, 1.82) is 0 Å². The number of nitrogens with one attached hydrogen (secondary N) is 3. The molecule has 1 aliphatic carbocycles. The van der Waals surface area contributed by atoms with Gasteiger partial charge in [0.15, 0.2) is 11.6 Å². The standard InChI is InChI=1S/C51H56ClFN6O8/c1-66-26-27-67-42-18-15-35(47(54)61)44(46(42)53)37-28-33(12-16-39(37)52)38(31-6-3-2-4-7-31)29-56-34-13-10-32(11-14-34)48(62)55-23-20-30-21-24-58(25-22-30)40-9-5-8-36-45(40)51(65)59(50(36)64)41-17-19-43(60)57-49(41)63/h2-9,12,15-16,18,28,30,32,34,38,41,56H,10-11,13-14,17,19-27,29H2,1H3,(H2,54,61)(H,55,62)(H,57,60,63). The molecular formula is C51H56ClFN6O8. The molecule has 3 aliphatic heterocycles. The highest BCUT2D eigenvalue weighted by Crippen LogP contribution is 2.40. The van der Waals surface area contributed by atoms with Gasteiger partial charge in [0, 0.05) is 73.7 Å². The van der Waals surface area contributed by atoms with Crippen molar-refractivity contribution in [3.05, 3.63) is 118 Å². The van der Waals surface area contributed by atoms with Crippen molar-refractivity contribution in [2.24, 2.45) is 17.6 Å². The second kappa shape index (κ2) is 21.2. The van der Waals surface area contributed by atoms with E-state index in [-0.39, 0.29) is 77.3 Å². The van der Waals surface area contributed by atoms with Crippen LogP contribution in [0.5, 0.6) is 5.75 Å². The van der Waals surface area contributed by atoms with Crippen LogP contribution in [0.1, 0.15) is 106 Å². The Morgan fingerprint density at radius 2 is 1.61 bits per heavy atom. The molecule has 2 unspecified atom stereocenters. The molecule has 3 heterocycles. The predicted molar refractivity (Wildman–Crippen MR) is 250 cm³/mol. The fourth-order valence-corrected chi connectivity index (χ4v) is 10.3. The number of carbonyl (C=O) groups excluding carboxylic acids is 6. The van der Waals surface area contributed by atoms with E-state index < -0.39 is 41.4 Å². The number of fused-ring (bicyclic) bond motifs is 1.